The molecule has 1 aliphatic rings. The first kappa shape index (κ1) is 14.4. The quantitative estimate of drug-likeness (QED) is 0.458. The summed E-state index contributed by atoms with van der Waals surface area (Å²) in [6, 6.07) is 1.98. The lowest BCUT2D eigenvalue weighted by molar-refractivity contribution is 0.0991. The third kappa shape index (κ3) is 3.11. The molecule has 0 radical (unpaired) electrons. The van der Waals surface area contributed by atoms with Crippen LogP contribution in [0, 0.1) is 19.8 Å². The molecule has 1 aliphatic carbocycles. The first-order valence-electron chi connectivity index (χ1n) is 7.00. The van der Waals surface area contributed by atoms with Crippen LogP contribution in [-0.2, 0) is 6.54 Å². The number of aromatic nitrogens is 1. The van der Waals surface area contributed by atoms with E-state index in [1.807, 2.05) is 13.0 Å². The van der Waals surface area contributed by atoms with Crippen molar-refractivity contribution in [2.75, 3.05) is 0 Å². The number of rotatable bonds is 4. The van der Waals surface area contributed by atoms with E-state index < -0.39 is 5.38 Å². The molecule has 104 valence electrons. The third-order valence-electron chi connectivity index (χ3n) is 4.02. The van der Waals surface area contributed by atoms with Gasteiger partial charge in [-0.25, -0.2) is 0 Å². The molecule has 2 atom stereocenters. The molecule has 0 N–H and O–H groups in total. The van der Waals surface area contributed by atoms with Crippen LogP contribution in [-0.4, -0.2) is 15.7 Å². The molecule has 1 aromatic heterocycles. The zero-order valence-corrected chi connectivity index (χ0v) is 12.7. The monoisotopic (exact) mass is 279 g/mol. The summed E-state index contributed by atoms with van der Waals surface area (Å²) >= 11 is 5.92. The van der Waals surface area contributed by atoms with Gasteiger partial charge in [0.05, 0.1) is 5.38 Å². The number of hydrogen-bond acceptors (Lipinski definition) is 1. The third-order valence-corrected chi connectivity index (χ3v) is 4.22. The number of carbonyl (C=O) groups excluding carboxylic acids is 1. The molecule has 0 aliphatic heterocycles. The average molecular weight is 280 g/mol. The highest BCUT2D eigenvalue weighted by Gasteiger charge is 2.21. The van der Waals surface area contributed by atoms with Crippen molar-refractivity contribution in [1.82, 2.24) is 4.57 Å². The van der Waals surface area contributed by atoms with E-state index >= 15 is 0 Å². The maximum absolute atomic E-state index is 12.1. The number of allylic oxidation sites excluding steroid dienone is 2. The van der Waals surface area contributed by atoms with Gasteiger partial charge in [-0.2, -0.15) is 0 Å². The van der Waals surface area contributed by atoms with Crippen LogP contribution < -0.4 is 0 Å². The van der Waals surface area contributed by atoms with Crippen LogP contribution in [0.5, 0.6) is 0 Å². The predicted octanol–water partition coefficient (Wildman–Crippen LogP) is 4.27. The molecular formula is C16H22ClNO. The van der Waals surface area contributed by atoms with Crippen molar-refractivity contribution in [3.63, 3.8) is 0 Å². The Balaban J connectivity index is 2.21. The van der Waals surface area contributed by atoms with Crippen molar-refractivity contribution in [3.8, 4) is 0 Å². The first-order valence-corrected chi connectivity index (χ1v) is 7.44. The predicted molar refractivity (Wildman–Crippen MR) is 80.0 cm³/mol. The Kier molecular flexibility index (Phi) is 4.51. The first-order chi connectivity index (χ1) is 9.00. The molecular weight excluding hydrogens is 258 g/mol. The number of hydrogen-bond donors (Lipinski definition) is 0. The molecule has 1 aromatic rings. The fourth-order valence-electron chi connectivity index (χ4n) is 2.83. The normalized spacial score (nSPS) is 20.5. The smallest absolute Gasteiger partial charge is 0.182 e. The number of alkyl halides is 1. The molecule has 1 heterocycles. The summed E-state index contributed by atoms with van der Waals surface area (Å²) in [5, 5.41) is -0.452. The summed E-state index contributed by atoms with van der Waals surface area (Å²) in [5.74, 6) is 0.718. The minimum absolute atomic E-state index is 0.0320. The largest absolute Gasteiger partial charge is 0.348 e. The van der Waals surface area contributed by atoms with E-state index in [-0.39, 0.29) is 5.78 Å². The Hall–Kier alpha value is -1.02. The van der Waals surface area contributed by atoms with E-state index in [0.29, 0.717) is 5.92 Å². The number of nitrogens with zero attached hydrogens (tertiary/aromatic N) is 1. The van der Waals surface area contributed by atoms with Gasteiger partial charge in [0.15, 0.2) is 5.78 Å². The molecule has 2 nitrogen and oxygen atoms in total. The summed E-state index contributed by atoms with van der Waals surface area (Å²) in [7, 11) is 0. The Morgan fingerprint density at radius 1 is 1.47 bits per heavy atom. The molecule has 3 heteroatoms. The molecule has 2 rings (SSSR count). The van der Waals surface area contributed by atoms with Crippen LogP contribution in [0.4, 0.5) is 0 Å². The lowest BCUT2D eigenvalue weighted by atomic mass is 9.94. The van der Waals surface area contributed by atoms with E-state index in [2.05, 4.69) is 23.6 Å². The van der Waals surface area contributed by atoms with Gasteiger partial charge in [-0.3, -0.25) is 4.79 Å². The Morgan fingerprint density at radius 2 is 2.21 bits per heavy atom. The second-order valence-electron chi connectivity index (χ2n) is 5.53. The second kappa shape index (κ2) is 5.96. The average Bonchev–Trinajstić information content (AvgIpc) is 2.67. The number of halogens is 1. The maximum Gasteiger partial charge on any atom is 0.182 e. The van der Waals surface area contributed by atoms with Crippen LogP contribution in [0.2, 0.25) is 0 Å². The van der Waals surface area contributed by atoms with Gasteiger partial charge in [0.1, 0.15) is 0 Å². The van der Waals surface area contributed by atoms with Gasteiger partial charge in [0.25, 0.3) is 0 Å². The maximum atomic E-state index is 12.1. The van der Waals surface area contributed by atoms with Crippen molar-refractivity contribution in [2.24, 2.45) is 5.92 Å². The van der Waals surface area contributed by atoms with Gasteiger partial charge in [-0.15, -0.1) is 11.6 Å². The topological polar surface area (TPSA) is 22.0 Å². The zero-order valence-electron chi connectivity index (χ0n) is 11.9. The molecule has 0 saturated carbocycles. The molecule has 19 heavy (non-hydrogen) atoms. The summed E-state index contributed by atoms with van der Waals surface area (Å²) in [6.45, 7) is 6.84. The second-order valence-corrected chi connectivity index (χ2v) is 6.18. The van der Waals surface area contributed by atoms with Crippen LogP contribution in [0.1, 0.15) is 47.9 Å². The Bertz CT molecular complexity index is 499. The zero-order chi connectivity index (χ0) is 14.0. The lowest BCUT2D eigenvalue weighted by Gasteiger charge is -2.20. The Labute approximate surface area is 120 Å². The SMILES string of the molecule is Cc1cc(C(=O)C(C)Cl)c(C)n1CC1CC=CCC1. The lowest BCUT2D eigenvalue weighted by Crippen LogP contribution is -2.16. The molecule has 0 bridgehead atoms. The van der Waals surface area contributed by atoms with Crippen molar-refractivity contribution in [2.45, 2.75) is 52.0 Å². The van der Waals surface area contributed by atoms with Gasteiger partial charge in [-0.05, 0) is 52.0 Å². The number of Topliss-reactive ketones (excluding diaryl/α,β-unsaturated/α-hetero) is 1. The minimum atomic E-state index is -0.452. The Morgan fingerprint density at radius 3 is 2.79 bits per heavy atom. The van der Waals surface area contributed by atoms with E-state index in [9.17, 15) is 4.79 Å². The van der Waals surface area contributed by atoms with Gasteiger partial charge in [0, 0.05) is 23.5 Å². The molecule has 0 saturated heterocycles. The highest BCUT2D eigenvalue weighted by Crippen LogP contribution is 2.24. The number of aryl methyl sites for hydroxylation is 1. The fourth-order valence-corrected chi connectivity index (χ4v) is 2.94. The van der Waals surface area contributed by atoms with Crippen LogP contribution in [0.15, 0.2) is 18.2 Å². The van der Waals surface area contributed by atoms with Crippen LogP contribution in [0.25, 0.3) is 0 Å². The summed E-state index contributed by atoms with van der Waals surface area (Å²) in [6.07, 6.45) is 8.09. The van der Waals surface area contributed by atoms with Gasteiger partial charge in [0.2, 0.25) is 0 Å². The van der Waals surface area contributed by atoms with Gasteiger partial charge < -0.3 is 4.57 Å². The van der Waals surface area contributed by atoms with E-state index in [4.69, 9.17) is 11.6 Å². The van der Waals surface area contributed by atoms with Crippen molar-refractivity contribution in [3.05, 3.63) is 35.2 Å². The fraction of sp³-hybridized carbons (Fsp3) is 0.562. The molecule has 0 fully saturated rings. The minimum Gasteiger partial charge on any atom is -0.348 e. The summed E-state index contributed by atoms with van der Waals surface area (Å²) in [5.41, 5.74) is 3.00. The summed E-state index contributed by atoms with van der Waals surface area (Å²) in [4.78, 5) is 12.1. The van der Waals surface area contributed by atoms with Crippen molar-refractivity contribution in [1.29, 1.82) is 0 Å². The molecule has 0 aromatic carbocycles. The standard InChI is InChI=1S/C16H22ClNO/c1-11-9-15(16(19)12(2)17)13(3)18(11)10-14-7-5-4-6-8-14/h4-5,9,12,14H,6-8,10H2,1-3H3. The van der Waals surface area contributed by atoms with Crippen molar-refractivity contribution >= 4 is 17.4 Å². The summed E-state index contributed by atoms with van der Waals surface area (Å²) < 4.78 is 2.27. The van der Waals surface area contributed by atoms with E-state index in [0.717, 1.165) is 29.9 Å². The van der Waals surface area contributed by atoms with Gasteiger partial charge >= 0.3 is 0 Å². The van der Waals surface area contributed by atoms with Gasteiger partial charge in [-0.1, -0.05) is 12.2 Å². The van der Waals surface area contributed by atoms with E-state index in [1.54, 1.807) is 6.92 Å². The highest BCUT2D eigenvalue weighted by atomic mass is 35.5. The molecule has 0 spiro atoms. The highest BCUT2D eigenvalue weighted by molar-refractivity contribution is 6.33. The number of carbonyl (C=O) groups is 1. The molecule has 0 amide bonds. The van der Waals surface area contributed by atoms with Crippen LogP contribution >= 0.6 is 11.6 Å². The molecule has 2 unspecified atom stereocenters. The van der Waals surface area contributed by atoms with Crippen LogP contribution in [0.3, 0.4) is 0 Å². The van der Waals surface area contributed by atoms with Crippen molar-refractivity contribution < 1.29 is 4.79 Å². The number of ketones is 1. The van der Waals surface area contributed by atoms with E-state index in [1.165, 1.54) is 12.8 Å².